The van der Waals surface area contributed by atoms with Gasteiger partial charge in [-0.05, 0) is 44.4 Å². The molecule has 2 aliphatic heterocycles. The fourth-order valence-corrected chi connectivity index (χ4v) is 3.42. The standard InChI is InChI=1S/C15H28N2O/c1-4-15(5-2)8-9-17(11-15)14(18)13-7-6-12(3)16-10-13/h12-13,16H,4-11H2,1-3H3. The van der Waals surface area contributed by atoms with E-state index < -0.39 is 0 Å². The van der Waals surface area contributed by atoms with Gasteiger partial charge in [-0.2, -0.15) is 0 Å². The van der Waals surface area contributed by atoms with Gasteiger partial charge >= 0.3 is 0 Å². The van der Waals surface area contributed by atoms with Crippen molar-refractivity contribution in [3.05, 3.63) is 0 Å². The summed E-state index contributed by atoms with van der Waals surface area (Å²) in [5.41, 5.74) is 0.408. The van der Waals surface area contributed by atoms with E-state index in [4.69, 9.17) is 0 Å². The summed E-state index contributed by atoms with van der Waals surface area (Å²) in [5.74, 6) is 0.629. The van der Waals surface area contributed by atoms with Crippen LogP contribution in [0, 0.1) is 11.3 Å². The number of likely N-dealkylation sites (tertiary alicyclic amines) is 1. The van der Waals surface area contributed by atoms with Crippen molar-refractivity contribution in [2.24, 2.45) is 11.3 Å². The van der Waals surface area contributed by atoms with Gasteiger partial charge in [0.05, 0.1) is 5.92 Å². The van der Waals surface area contributed by atoms with Gasteiger partial charge in [0.15, 0.2) is 0 Å². The first-order valence-electron chi connectivity index (χ1n) is 7.62. The first-order chi connectivity index (χ1) is 8.60. The van der Waals surface area contributed by atoms with Crippen LogP contribution in [0.3, 0.4) is 0 Å². The van der Waals surface area contributed by atoms with Gasteiger partial charge in [0.1, 0.15) is 0 Å². The Morgan fingerprint density at radius 2 is 2.06 bits per heavy atom. The van der Waals surface area contributed by atoms with E-state index in [2.05, 4.69) is 31.0 Å². The maximum atomic E-state index is 12.5. The Hall–Kier alpha value is -0.570. The third kappa shape index (κ3) is 2.71. The summed E-state index contributed by atoms with van der Waals surface area (Å²) < 4.78 is 0. The van der Waals surface area contributed by atoms with E-state index in [1.54, 1.807) is 0 Å². The molecule has 0 aromatic heterocycles. The van der Waals surface area contributed by atoms with E-state index >= 15 is 0 Å². The van der Waals surface area contributed by atoms with Crippen LogP contribution in [-0.2, 0) is 4.79 Å². The Kier molecular flexibility index (Phi) is 4.31. The van der Waals surface area contributed by atoms with E-state index in [-0.39, 0.29) is 5.92 Å². The zero-order chi connectivity index (χ0) is 13.2. The van der Waals surface area contributed by atoms with Crippen molar-refractivity contribution >= 4 is 5.91 Å². The molecule has 0 spiro atoms. The Labute approximate surface area is 111 Å². The molecule has 2 rings (SSSR count). The zero-order valence-electron chi connectivity index (χ0n) is 12.2. The minimum Gasteiger partial charge on any atom is -0.342 e. The molecular weight excluding hydrogens is 224 g/mol. The second-order valence-corrected chi connectivity index (χ2v) is 6.30. The molecule has 2 aliphatic rings. The highest BCUT2D eigenvalue weighted by molar-refractivity contribution is 5.79. The Balaban J connectivity index is 1.91. The van der Waals surface area contributed by atoms with E-state index in [1.165, 1.54) is 19.3 Å². The fourth-order valence-electron chi connectivity index (χ4n) is 3.42. The molecule has 2 unspecified atom stereocenters. The summed E-state index contributed by atoms with van der Waals surface area (Å²) in [6.45, 7) is 9.58. The summed E-state index contributed by atoms with van der Waals surface area (Å²) >= 11 is 0. The zero-order valence-corrected chi connectivity index (χ0v) is 12.2. The van der Waals surface area contributed by atoms with Gasteiger partial charge in [-0.15, -0.1) is 0 Å². The van der Waals surface area contributed by atoms with Gasteiger partial charge in [0.25, 0.3) is 0 Å². The van der Waals surface area contributed by atoms with Crippen molar-refractivity contribution in [1.82, 2.24) is 10.2 Å². The van der Waals surface area contributed by atoms with Crippen LogP contribution in [0.5, 0.6) is 0 Å². The summed E-state index contributed by atoms with van der Waals surface area (Å²) in [4.78, 5) is 14.6. The Bertz CT molecular complexity index is 291. The molecule has 18 heavy (non-hydrogen) atoms. The number of piperidine rings is 1. The van der Waals surface area contributed by atoms with E-state index in [9.17, 15) is 4.79 Å². The second-order valence-electron chi connectivity index (χ2n) is 6.30. The Morgan fingerprint density at radius 1 is 1.33 bits per heavy atom. The fraction of sp³-hybridized carbons (Fsp3) is 0.933. The molecule has 1 amide bonds. The molecular formula is C15H28N2O. The summed E-state index contributed by atoms with van der Waals surface area (Å²) in [6, 6.07) is 0.581. The quantitative estimate of drug-likeness (QED) is 0.836. The molecule has 104 valence electrons. The number of hydrogen-bond donors (Lipinski definition) is 1. The molecule has 0 aliphatic carbocycles. The number of carbonyl (C=O) groups excluding carboxylic acids is 1. The van der Waals surface area contributed by atoms with Crippen molar-refractivity contribution in [1.29, 1.82) is 0 Å². The number of carbonyl (C=O) groups is 1. The van der Waals surface area contributed by atoms with Gasteiger partial charge < -0.3 is 10.2 Å². The largest absolute Gasteiger partial charge is 0.342 e. The lowest BCUT2D eigenvalue weighted by Crippen LogP contribution is -2.45. The highest BCUT2D eigenvalue weighted by Gasteiger charge is 2.39. The predicted octanol–water partition coefficient (Wildman–Crippen LogP) is 2.41. The molecule has 2 heterocycles. The summed E-state index contributed by atoms with van der Waals surface area (Å²) in [6.07, 6.45) is 5.80. The molecule has 0 aromatic carbocycles. The Morgan fingerprint density at radius 3 is 2.56 bits per heavy atom. The molecule has 2 atom stereocenters. The number of hydrogen-bond acceptors (Lipinski definition) is 2. The van der Waals surface area contributed by atoms with Gasteiger partial charge in [0.2, 0.25) is 5.91 Å². The third-order valence-corrected chi connectivity index (χ3v) is 5.26. The maximum Gasteiger partial charge on any atom is 0.226 e. The van der Waals surface area contributed by atoms with Crippen LogP contribution >= 0.6 is 0 Å². The minimum atomic E-state index is 0.228. The van der Waals surface area contributed by atoms with Crippen LogP contribution in [0.2, 0.25) is 0 Å². The van der Waals surface area contributed by atoms with Crippen LogP contribution in [0.4, 0.5) is 0 Å². The van der Waals surface area contributed by atoms with Crippen molar-refractivity contribution in [3.63, 3.8) is 0 Å². The second kappa shape index (κ2) is 5.60. The molecule has 0 aromatic rings. The molecule has 0 bridgehead atoms. The lowest BCUT2D eigenvalue weighted by atomic mass is 9.82. The monoisotopic (exact) mass is 252 g/mol. The van der Waals surface area contributed by atoms with Gasteiger partial charge in [0, 0.05) is 25.7 Å². The smallest absolute Gasteiger partial charge is 0.226 e. The average molecular weight is 252 g/mol. The summed E-state index contributed by atoms with van der Waals surface area (Å²) in [7, 11) is 0. The highest BCUT2D eigenvalue weighted by atomic mass is 16.2. The van der Waals surface area contributed by atoms with Crippen LogP contribution < -0.4 is 5.32 Å². The van der Waals surface area contributed by atoms with Crippen LogP contribution in [0.1, 0.15) is 52.9 Å². The number of nitrogens with one attached hydrogen (secondary N) is 1. The molecule has 3 heteroatoms. The topological polar surface area (TPSA) is 32.3 Å². The predicted molar refractivity (Wildman–Crippen MR) is 74.4 cm³/mol. The van der Waals surface area contributed by atoms with Crippen molar-refractivity contribution < 1.29 is 4.79 Å². The normalized spacial score (nSPS) is 31.6. The van der Waals surface area contributed by atoms with Crippen LogP contribution in [0.25, 0.3) is 0 Å². The lowest BCUT2D eigenvalue weighted by molar-refractivity contribution is -0.135. The summed E-state index contributed by atoms with van der Waals surface area (Å²) in [5, 5.41) is 3.44. The maximum absolute atomic E-state index is 12.5. The molecule has 0 saturated carbocycles. The van der Waals surface area contributed by atoms with Gasteiger partial charge in [-0.25, -0.2) is 0 Å². The number of nitrogens with zero attached hydrogens (tertiary/aromatic N) is 1. The minimum absolute atomic E-state index is 0.228. The molecule has 2 saturated heterocycles. The van der Waals surface area contributed by atoms with E-state index in [1.807, 2.05) is 0 Å². The van der Waals surface area contributed by atoms with Crippen molar-refractivity contribution in [3.8, 4) is 0 Å². The molecule has 2 fully saturated rings. The van der Waals surface area contributed by atoms with Crippen molar-refractivity contribution in [2.45, 2.75) is 58.9 Å². The average Bonchev–Trinajstić information content (AvgIpc) is 2.84. The first kappa shape index (κ1) is 13.9. The number of rotatable bonds is 3. The van der Waals surface area contributed by atoms with E-state index in [0.717, 1.165) is 32.5 Å². The SMILES string of the molecule is CCC1(CC)CCN(C(=O)C2CCC(C)NC2)C1. The van der Waals surface area contributed by atoms with Crippen molar-refractivity contribution in [2.75, 3.05) is 19.6 Å². The van der Waals surface area contributed by atoms with E-state index in [0.29, 0.717) is 17.4 Å². The van der Waals surface area contributed by atoms with Crippen LogP contribution in [-0.4, -0.2) is 36.5 Å². The first-order valence-corrected chi connectivity index (χ1v) is 7.62. The van der Waals surface area contributed by atoms with Gasteiger partial charge in [-0.1, -0.05) is 13.8 Å². The third-order valence-electron chi connectivity index (χ3n) is 5.26. The highest BCUT2D eigenvalue weighted by Crippen LogP contribution is 2.37. The molecule has 0 radical (unpaired) electrons. The number of amides is 1. The van der Waals surface area contributed by atoms with Crippen LogP contribution in [0.15, 0.2) is 0 Å². The molecule has 1 N–H and O–H groups in total. The molecule has 3 nitrogen and oxygen atoms in total. The lowest BCUT2D eigenvalue weighted by Gasteiger charge is -2.31. The van der Waals surface area contributed by atoms with Gasteiger partial charge in [-0.3, -0.25) is 4.79 Å².